The largest absolute Gasteiger partial charge is 0.337 e. The minimum atomic E-state index is -2.97. The SMILES string of the molecule is Cc1nn(C2CCS(=O)(=O)C2)c(C)c1CN(C)C(=O)c1cccc(I)c1. The summed E-state index contributed by atoms with van der Waals surface area (Å²) in [5.41, 5.74) is 3.42. The first-order chi connectivity index (χ1) is 12.2. The van der Waals surface area contributed by atoms with Gasteiger partial charge in [0.25, 0.3) is 5.91 Å². The molecule has 1 aromatic carbocycles. The van der Waals surface area contributed by atoms with Crippen LogP contribution in [-0.4, -0.2) is 47.6 Å². The maximum atomic E-state index is 12.7. The smallest absolute Gasteiger partial charge is 0.253 e. The summed E-state index contributed by atoms with van der Waals surface area (Å²) in [4.78, 5) is 14.4. The molecular formula is C18H22IN3O3S. The number of benzene rings is 1. The van der Waals surface area contributed by atoms with E-state index in [4.69, 9.17) is 0 Å². The van der Waals surface area contributed by atoms with E-state index in [1.807, 2.05) is 42.8 Å². The van der Waals surface area contributed by atoms with Crippen molar-refractivity contribution in [2.45, 2.75) is 32.9 Å². The van der Waals surface area contributed by atoms with Gasteiger partial charge in [0, 0.05) is 34.0 Å². The molecule has 0 N–H and O–H groups in total. The number of sulfone groups is 1. The molecule has 1 saturated heterocycles. The molecule has 1 atom stereocenters. The Balaban J connectivity index is 1.81. The average Bonchev–Trinajstić information content (AvgIpc) is 3.07. The van der Waals surface area contributed by atoms with Crippen LogP contribution in [0.25, 0.3) is 0 Å². The van der Waals surface area contributed by atoms with Crippen LogP contribution in [0.2, 0.25) is 0 Å². The lowest BCUT2D eigenvalue weighted by Crippen LogP contribution is -2.26. The Morgan fingerprint density at radius 2 is 2.12 bits per heavy atom. The Morgan fingerprint density at radius 3 is 2.73 bits per heavy atom. The summed E-state index contributed by atoms with van der Waals surface area (Å²) in [5.74, 6) is 0.320. The molecule has 0 spiro atoms. The van der Waals surface area contributed by atoms with E-state index in [0.717, 1.165) is 20.5 Å². The molecule has 26 heavy (non-hydrogen) atoms. The lowest BCUT2D eigenvalue weighted by atomic mass is 10.1. The van der Waals surface area contributed by atoms with Crippen LogP contribution in [-0.2, 0) is 16.4 Å². The normalized spacial score (nSPS) is 18.8. The van der Waals surface area contributed by atoms with Crippen LogP contribution < -0.4 is 0 Å². The minimum Gasteiger partial charge on any atom is -0.337 e. The van der Waals surface area contributed by atoms with Crippen molar-refractivity contribution in [3.05, 3.63) is 50.4 Å². The number of carbonyl (C=O) groups is 1. The summed E-state index contributed by atoms with van der Waals surface area (Å²) in [6.07, 6.45) is 0.598. The Labute approximate surface area is 167 Å². The highest BCUT2D eigenvalue weighted by Crippen LogP contribution is 2.27. The highest BCUT2D eigenvalue weighted by molar-refractivity contribution is 14.1. The molecule has 2 aromatic rings. The number of hydrogen-bond acceptors (Lipinski definition) is 4. The van der Waals surface area contributed by atoms with Crippen LogP contribution in [0.5, 0.6) is 0 Å². The number of halogens is 1. The first-order valence-corrected chi connectivity index (χ1v) is 11.3. The van der Waals surface area contributed by atoms with Gasteiger partial charge in [0.2, 0.25) is 0 Å². The maximum absolute atomic E-state index is 12.7. The Morgan fingerprint density at radius 1 is 1.38 bits per heavy atom. The third-order valence-electron chi connectivity index (χ3n) is 4.84. The van der Waals surface area contributed by atoms with Gasteiger partial charge in [0.05, 0.1) is 23.2 Å². The molecule has 6 nitrogen and oxygen atoms in total. The lowest BCUT2D eigenvalue weighted by molar-refractivity contribution is 0.0784. The molecule has 0 aliphatic carbocycles. The average molecular weight is 487 g/mol. The summed E-state index contributed by atoms with van der Waals surface area (Å²) in [5, 5.41) is 4.57. The van der Waals surface area contributed by atoms with Crippen molar-refractivity contribution >= 4 is 38.3 Å². The molecule has 140 valence electrons. The van der Waals surface area contributed by atoms with E-state index in [2.05, 4.69) is 27.7 Å². The fraction of sp³-hybridized carbons (Fsp3) is 0.444. The highest BCUT2D eigenvalue weighted by atomic mass is 127. The molecule has 8 heteroatoms. The van der Waals surface area contributed by atoms with E-state index in [1.54, 1.807) is 11.9 Å². The predicted octanol–water partition coefficient (Wildman–Crippen LogP) is 2.74. The molecule has 0 radical (unpaired) electrons. The molecule has 0 bridgehead atoms. The molecule has 1 unspecified atom stereocenters. The van der Waals surface area contributed by atoms with Crippen molar-refractivity contribution in [1.82, 2.24) is 14.7 Å². The van der Waals surface area contributed by atoms with Gasteiger partial charge in [-0.25, -0.2) is 8.42 Å². The quantitative estimate of drug-likeness (QED) is 0.622. The van der Waals surface area contributed by atoms with Gasteiger partial charge in [-0.15, -0.1) is 0 Å². The van der Waals surface area contributed by atoms with E-state index in [9.17, 15) is 13.2 Å². The van der Waals surface area contributed by atoms with Gasteiger partial charge in [-0.1, -0.05) is 6.07 Å². The first-order valence-electron chi connectivity index (χ1n) is 8.44. The summed E-state index contributed by atoms with van der Waals surface area (Å²) in [6.45, 7) is 4.30. The van der Waals surface area contributed by atoms with Gasteiger partial charge in [-0.3, -0.25) is 9.48 Å². The van der Waals surface area contributed by atoms with E-state index >= 15 is 0 Å². The van der Waals surface area contributed by atoms with Crippen LogP contribution in [0.3, 0.4) is 0 Å². The van der Waals surface area contributed by atoms with Gasteiger partial charge in [0.15, 0.2) is 9.84 Å². The number of hydrogen-bond donors (Lipinski definition) is 0. The minimum absolute atomic E-state index is 0.0430. The molecule has 1 aliphatic heterocycles. The second-order valence-corrected chi connectivity index (χ2v) is 10.3. The van der Waals surface area contributed by atoms with Crippen molar-refractivity contribution in [2.24, 2.45) is 0 Å². The molecule has 3 rings (SSSR count). The Hall–Kier alpha value is -1.42. The van der Waals surface area contributed by atoms with Gasteiger partial charge in [0.1, 0.15) is 0 Å². The maximum Gasteiger partial charge on any atom is 0.253 e. The molecule has 0 saturated carbocycles. The molecular weight excluding hydrogens is 465 g/mol. The standard InChI is InChI=1S/C18H22IN3O3S/c1-12-17(10-21(3)18(23)14-5-4-6-15(19)9-14)13(2)22(20-12)16-7-8-26(24,25)11-16/h4-6,9,16H,7-8,10-11H2,1-3H3. The van der Waals surface area contributed by atoms with Crippen LogP contribution >= 0.6 is 22.6 Å². The van der Waals surface area contributed by atoms with Crippen molar-refractivity contribution in [2.75, 3.05) is 18.6 Å². The van der Waals surface area contributed by atoms with Gasteiger partial charge >= 0.3 is 0 Å². The zero-order valence-electron chi connectivity index (χ0n) is 15.1. The van der Waals surface area contributed by atoms with Crippen molar-refractivity contribution < 1.29 is 13.2 Å². The van der Waals surface area contributed by atoms with Crippen molar-refractivity contribution in [3.63, 3.8) is 0 Å². The zero-order chi connectivity index (χ0) is 19.1. The van der Waals surface area contributed by atoms with Gasteiger partial charge in [-0.05, 0) is 61.1 Å². The van der Waals surface area contributed by atoms with Gasteiger partial charge in [-0.2, -0.15) is 5.10 Å². The topological polar surface area (TPSA) is 72.3 Å². The fourth-order valence-corrected chi connectivity index (χ4v) is 5.64. The number of rotatable bonds is 4. The molecule has 1 aliphatic rings. The number of aryl methyl sites for hydroxylation is 1. The van der Waals surface area contributed by atoms with Crippen LogP contribution in [0.1, 0.15) is 39.8 Å². The number of nitrogens with zero attached hydrogens (tertiary/aromatic N) is 3. The predicted molar refractivity (Wildman–Crippen MR) is 109 cm³/mol. The van der Waals surface area contributed by atoms with Crippen LogP contribution in [0, 0.1) is 17.4 Å². The Kier molecular flexibility index (Phi) is 5.43. The Bertz CT molecular complexity index is 953. The summed E-state index contributed by atoms with van der Waals surface area (Å²) < 4.78 is 26.4. The molecule has 1 amide bonds. The van der Waals surface area contributed by atoms with E-state index in [-0.39, 0.29) is 23.5 Å². The van der Waals surface area contributed by atoms with Gasteiger partial charge < -0.3 is 4.90 Å². The van der Waals surface area contributed by atoms with E-state index in [1.165, 1.54) is 0 Å². The zero-order valence-corrected chi connectivity index (χ0v) is 18.0. The lowest BCUT2D eigenvalue weighted by Gasteiger charge is -2.18. The molecule has 1 fully saturated rings. The highest BCUT2D eigenvalue weighted by Gasteiger charge is 2.31. The van der Waals surface area contributed by atoms with Crippen molar-refractivity contribution in [1.29, 1.82) is 0 Å². The first kappa shape index (κ1) is 19.3. The van der Waals surface area contributed by atoms with E-state index < -0.39 is 9.84 Å². The monoisotopic (exact) mass is 487 g/mol. The molecule has 1 aromatic heterocycles. The second-order valence-electron chi connectivity index (χ2n) is 6.82. The third kappa shape index (κ3) is 3.95. The van der Waals surface area contributed by atoms with E-state index in [0.29, 0.717) is 18.5 Å². The summed E-state index contributed by atoms with van der Waals surface area (Å²) >= 11 is 2.19. The molecule has 2 heterocycles. The van der Waals surface area contributed by atoms with Crippen LogP contribution in [0.4, 0.5) is 0 Å². The number of amides is 1. The number of carbonyl (C=O) groups excluding carboxylic acids is 1. The number of aromatic nitrogens is 2. The summed E-state index contributed by atoms with van der Waals surface area (Å²) in [7, 11) is -1.19. The third-order valence-corrected chi connectivity index (χ3v) is 7.26. The van der Waals surface area contributed by atoms with Crippen LogP contribution in [0.15, 0.2) is 24.3 Å². The van der Waals surface area contributed by atoms with Crippen molar-refractivity contribution in [3.8, 4) is 0 Å². The fourth-order valence-electron chi connectivity index (χ4n) is 3.40. The summed E-state index contributed by atoms with van der Waals surface area (Å²) in [6, 6.07) is 7.40. The second kappa shape index (κ2) is 7.30.